The Balaban J connectivity index is 1.29. The van der Waals surface area contributed by atoms with E-state index in [1.807, 2.05) is 48.5 Å². The lowest BCUT2D eigenvalue weighted by Crippen LogP contribution is -2.47. The van der Waals surface area contributed by atoms with Crippen LogP contribution in [0, 0.1) is 5.92 Å². The summed E-state index contributed by atoms with van der Waals surface area (Å²) in [5.41, 5.74) is 2.40. The van der Waals surface area contributed by atoms with E-state index in [1.54, 1.807) is 25.5 Å². The van der Waals surface area contributed by atoms with Crippen LogP contribution in [0.15, 0.2) is 89.8 Å². The molecule has 0 unspecified atom stereocenters. The summed E-state index contributed by atoms with van der Waals surface area (Å²) in [6.07, 6.45) is 8.27. The standard InChI is InChI=1S/C30H34N4O3/c1-32(30(35)28-11-7-19-37-28)27(21-23-8-5-10-26(20-23)36-2)24-13-17-33(18-14-24)22-25-9-6-16-34(25)29-12-3-4-15-31-29/h3-12,15-16,19-20,24,27H,13-14,17-18,21-22H2,1-2H3/t27-/m1/s1. The fourth-order valence-electron chi connectivity index (χ4n) is 5.38. The number of likely N-dealkylation sites (tertiary alicyclic amines) is 1. The van der Waals surface area contributed by atoms with Crippen LogP contribution in [0.4, 0.5) is 0 Å². The minimum Gasteiger partial charge on any atom is -0.497 e. The second-order valence-electron chi connectivity index (χ2n) is 9.69. The summed E-state index contributed by atoms with van der Waals surface area (Å²) in [4.78, 5) is 22.1. The molecule has 1 aromatic carbocycles. The van der Waals surface area contributed by atoms with Crippen molar-refractivity contribution in [3.63, 3.8) is 0 Å². The number of benzene rings is 1. The topological polar surface area (TPSA) is 63.7 Å². The minimum absolute atomic E-state index is 0.0595. The van der Waals surface area contributed by atoms with Crippen LogP contribution in [0.5, 0.6) is 5.75 Å². The summed E-state index contributed by atoms with van der Waals surface area (Å²) in [6.45, 7) is 2.84. The number of hydrogen-bond donors (Lipinski definition) is 0. The molecule has 7 heteroatoms. The summed E-state index contributed by atoms with van der Waals surface area (Å²) in [6, 6.07) is 21.9. The summed E-state index contributed by atoms with van der Waals surface area (Å²) in [5.74, 6) is 2.46. The summed E-state index contributed by atoms with van der Waals surface area (Å²) < 4.78 is 13.0. The number of furan rings is 1. The van der Waals surface area contributed by atoms with Gasteiger partial charge in [-0.1, -0.05) is 18.2 Å². The minimum atomic E-state index is -0.0754. The molecule has 192 valence electrons. The van der Waals surface area contributed by atoms with Gasteiger partial charge in [-0.05, 0) is 92.4 Å². The van der Waals surface area contributed by atoms with E-state index >= 15 is 0 Å². The Hall–Kier alpha value is -3.84. The summed E-state index contributed by atoms with van der Waals surface area (Å²) in [7, 11) is 3.59. The van der Waals surface area contributed by atoms with Crippen molar-refractivity contribution in [3.8, 4) is 11.6 Å². The largest absolute Gasteiger partial charge is 0.497 e. The van der Waals surface area contributed by atoms with Crippen LogP contribution in [-0.2, 0) is 13.0 Å². The van der Waals surface area contributed by atoms with E-state index in [1.165, 1.54) is 11.3 Å². The molecule has 37 heavy (non-hydrogen) atoms. The van der Waals surface area contributed by atoms with Crippen LogP contribution in [0.3, 0.4) is 0 Å². The van der Waals surface area contributed by atoms with E-state index in [0.29, 0.717) is 11.7 Å². The zero-order valence-corrected chi connectivity index (χ0v) is 21.5. The molecular formula is C30H34N4O3. The maximum Gasteiger partial charge on any atom is 0.289 e. The van der Waals surface area contributed by atoms with Gasteiger partial charge in [-0.15, -0.1) is 0 Å². The number of ether oxygens (including phenoxy) is 1. The molecule has 1 atom stereocenters. The quantitative estimate of drug-likeness (QED) is 0.322. The zero-order valence-electron chi connectivity index (χ0n) is 21.5. The second kappa shape index (κ2) is 11.5. The van der Waals surface area contributed by atoms with Gasteiger partial charge in [0.15, 0.2) is 5.76 Å². The molecule has 0 saturated carbocycles. The third-order valence-electron chi connectivity index (χ3n) is 7.42. The third-order valence-corrected chi connectivity index (χ3v) is 7.42. The Morgan fingerprint density at radius 1 is 1.11 bits per heavy atom. The van der Waals surface area contributed by atoms with Gasteiger partial charge in [0.25, 0.3) is 5.91 Å². The highest BCUT2D eigenvalue weighted by atomic mass is 16.5. The maximum atomic E-state index is 13.2. The summed E-state index contributed by atoms with van der Waals surface area (Å²) >= 11 is 0. The molecule has 0 spiro atoms. The number of aromatic nitrogens is 2. The Morgan fingerprint density at radius 2 is 1.97 bits per heavy atom. The van der Waals surface area contributed by atoms with E-state index < -0.39 is 0 Å². The van der Waals surface area contributed by atoms with Gasteiger partial charge in [0.1, 0.15) is 11.6 Å². The van der Waals surface area contributed by atoms with Crippen molar-refractivity contribution in [1.82, 2.24) is 19.4 Å². The lowest BCUT2D eigenvalue weighted by Gasteiger charge is -2.40. The normalized spacial score (nSPS) is 15.4. The zero-order chi connectivity index (χ0) is 25.6. The molecule has 4 heterocycles. The highest BCUT2D eigenvalue weighted by Crippen LogP contribution is 2.29. The predicted octanol–water partition coefficient (Wildman–Crippen LogP) is 5.07. The van der Waals surface area contributed by atoms with E-state index in [0.717, 1.165) is 50.5 Å². The first-order valence-electron chi connectivity index (χ1n) is 12.9. The first kappa shape index (κ1) is 24.8. The van der Waals surface area contributed by atoms with Crippen molar-refractivity contribution in [1.29, 1.82) is 0 Å². The molecule has 1 saturated heterocycles. The van der Waals surface area contributed by atoms with Crippen molar-refractivity contribution in [2.75, 3.05) is 27.2 Å². The van der Waals surface area contributed by atoms with Gasteiger partial charge in [0.2, 0.25) is 0 Å². The molecule has 4 aromatic rings. The van der Waals surface area contributed by atoms with Crippen molar-refractivity contribution >= 4 is 5.91 Å². The Kier molecular flexibility index (Phi) is 7.70. The van der Waals surface area contributed by atoms with E-state index in [2.05, 4.69) is 44.9 Å². The Labute approximate surface area is 218 Å². The number of carbonyl (C=O) groups excluding carboxylic acids is 1. The monoisotopic (exact) mass is 498 g/mol. The molecule has 7 nitrogen and oxygen atoms in total. The Morgan fingerprint density at radius 3 is 2.70 bits per heavy atom. The van der Waals surface area contributed by atoms with Crippen LogP contribution >= 0.6 is 0 Å². The lowest BCUT2D eigenvalue weighted by atomic mass is 9.84. The predicted molar refractivity (Wildman–Crippen MR) is 143 cm³/mol. The smallest absolute Gasteiger partial charge is 0.289 e. The first-order chi connectivity index (χ1) is 18.1. The fraction of sp³-hybridized carbons (Fsp3) is 0.333. The maximum absolute atomic E-state index is 13.2. The number of amides is 1. The molecule has 0 radical (unpaired) electrons. The molecule has 5 rings (SSSR count). The number of hydrogen-bond acceptors (Lipinski definition) is 5. The van der Waals surface area contributed by atoms with Crippen LogP contribution in [0.2, 0.25) is 0 Å². The molecule has 0 bridgehead atoms. The van der Waals surface area contributed by atoms with E-state index in [4.69, 9.17) is 9.15 Å². The van der Waals surface area contributed by atoms with Gasteiger partial charge in [-0.3, -0.25) is 9.69 Å². The highest BCUT2D eigenvalue weighted by molar-refractivity contribution is 5.91. The van der Waals surface area contributed by atoms with Crippen molar-refractivity contribution in [2.24, 2.45) is 5.92 Å². The Bertz CT molecular complexity index is 1280. The number of methoxy groups -OCH3 is 1. The number of likely N-dealkylation sites (N-methyl/N-ethyl adjacent to an activating group) is 1. The number of nitrogens with zero attached hydrogens (tertiary/aromatic N) is 4. The molecular weight excluding hydrogens is 464 g/mol. The van der Waals surface area contributed by atoms with Gasteiger partial charge in [-0.2, -0.15) is 0 Å². The lowest BCUT2D eigenvalue weighted by molar-refractivity contribution is 0.0555. The molecule has 1 aliphatic rings. The van der Waals surface area contributed by atoms with Crippen molar-refractivity contribution in [3.05, 3.63) is 102 Å². The van der Waals surface area contributed by atoms with E-state index in [9.17, 15) is 4.79 Å². The van der Waals surface area contributed by atoms with Crippen LogP contribution in [0.1, 0.15) is 34.7 Å². The van der Waals surface area contributed by atoms with Gasteiger partial charge in [-0.25, -0.2) is 4.98 Å². The van der Waals surface area contributed by atoms with Gasteiger partial charge in [0.05, 0.1) is 13.4 Å². The first-order valence-corrected chi connectivity index (χ1v) is 12.9. The second-order valence-corrected chi connectivity index (χ2v) is 9.69. The van der Waals surface area contributed by atoms with Gasteiger partial charge in [0, 0.05) is 37.7 Å². The van der Waals surface area contributed by atoms with E-state index in [-0.39, 0.29) is 11.9 Å². The molecule has 0 N–H and O–H groups in total. The number of rotatable bonds is 9. The van der Waals surface area contributed by atoms with Gasteiger partial charge >= 0.3 is 0 Å². The van der Waals surface area contributed by atoms with Crippen molar-refractivity contribution in [2.45, 2.75) is 31.8 Å². The van der Waals surface area contributed by atoms with Crippen LogP contribution in [-0.4, -0.2) is 58.5 Å². The average Bonchev–Trinajstić information content (AvgIpc) is 3.65. The fourth-order valence-corrected chi connectivity index (χ4v) is 5.38. The highest BCUT2D eigenvalue weighted by Gasteiger charge is 2.33. The number of piperidine rings is 1. The summed E-state index contributed by atoms with van der Waals surface area (Å²) in [5, 5.41) is 0. The molecule has 1 fully saturated rings. The number of pyridine rings is 1. The molecule has 1 amide bonds. The average molecular weight is 499 g/mol. The number of carbonyl (C=O) groups is 1. The van der Waals surface area contributed by atoms with Crippen LogP contribution < -0.4 is 4.74 Å². The SMILES string of the molecule is COc1cccc(C[C@H](C2CCN(Cc3cccn3-c3ccccn3)CC2)N(C)C(=O)c2ccco2)c1. The van der Waals surface area contributed by atoms with Crippen molar-refractivity contribution < 1.29 is 13.9 Å². The van der Waals surface area contributed by atoms with Crippen LogP contribution in [0.25, 0.3) is 5.82 Å². The molecule has 3 aromatic heterocycles. The molecule has 1 aliphatic heterocycles. The molecule has 0 aliphatic carbocycles. The van der Waals surface area contributed by atoms with Gasteiger partial charge < -0.3 is 18.6 Å². The third kappa shape index (κ3) is 5.78.